The van der Waals surface area contributed by atoms with Gasteiger partial charge in [0.2, 0.25) is 5.91 Å². The Balaban J connectivity index is 1.60. The lowest BCUT2D eigenvalue weighted by Crippen LogP contribution is -2.34. The summed E-state index contributed by atoms with van der Waals surface area (Å²) in [5.41, 5.74) is 0.885. The lowest BCUT2D eigenvalue weighted by molar-refractivity contribution is -0.117. The van der Waals surface area contributed by atoms with Crippen LogP contribution in [0.3, 0.4) is 0 Å². The minimum absolute atomic E-state index is 0.0501. The van der Waals surface area contributed by atoms with Crippen LogP contribution in [0, 0.1) is 11.8 Å². The van der Waals surface area contributed by atoms with Crippen LogP contribution in [-0.2, 0) is 4.79 Å². The van der Waals surface area contributed by atoms with Crippen molar-refractivity contribution < 1.29 is 9.53 Å². The van der Waals surface area contributed by atoms with Gasteiger partial charge in [-0.15, -0.1) is 0 Å². The number of nitrogens with one attached hydrogen (secondary N) is 2. The van der Waals surface area contributed by atoms with E-state index in [1.54, 1.807) is 7.11 Å². The summed E-state index contributed by atoms with van der Waals surface area (Å²) in [4.78, 5) is 16.7. The van der Waals surface area contributed by atoms with Crippen LogP contribution < -0.4 is 15.4 Å². The number of anilines is 1. The maximum absolute atomic E-state index is 12.3. The van der Waals surface area contributed by atoms with Crippen LogP contribution in [0.25, 0.3) is 10.2 Å². The standard InChI is InChI=1S/C17H23N3O2S/c1-11(12-4-3-7-18-10-12)8-16(21)20-17-19-14-6-5-13(22-2)9-15(14)23-17/h5-6,9,11-12,18H,3-4,7-8,10H2,1-2H3,(H,19,20,21). The molecule has 5 nitrogen and oxygen atoms in total. The molecule has 1 aromatic carbocycles. The number of aromatic nitrogens is 1. The Morgan fingerprint density at radius 3 is 3.17 bits per heavy atom. The maximum Gasteiger partial charge on any atom is 0.226 e. The Labute approximate surface area is 140 Å². The molecular formula is C17H23N3O2S. The van der Waals surface area contributed by atoms with Crippen molar-refractivity contribution >= 4 is 32.6 Å². The number of carbonyl (C=O) groups is 1. The monoisotopic (exact) mass is 333 g/mol. The quantitative estimate of drug-likeness (QED) is 0.881. The number of thiazole rings is 1. The van der Waals surface area contributed by atoms with Crippen molar-refractivity contribution in [3.63, 3.8) is 0 Å². The van der Waals surface area contributed by atoms with Crippen LogP contribution in [0.5, 0.6) is 5.75 Å². The van der Waals surface area contributed by atoms with E-state index in [2.05, 4.69) is 22.5 Å². The first-order chi connectivity index (χ1) is 11.2. The highest BCUT2D eigenvalue weighted by atomic mass is 32.1. The van der Waals surface area contributed by atoms with Gasteiger partial charge in [0.15, 0.2) is 5.13 Å². The van der Waals surface area contributed by atoms with E-state index in [0.29, 0.717) is 23.4 Å². The fourth-order valence-corrected chi connectivity index (χ4v) is 3.99. The van der Waals surface area contributed by atoms with Crippen molar-refractivity contribution in [1.29, 1.82) is 0 Å². The van der Waals surface area contributed by atoms with E-state index in [1.807, 2.05) is 18.2 Å². The highest BCUT2D eigenvalue weighted by Crippen LogP contribution is 2.30. The molecule has 1 saturated heterocycles. The van der Waals surface area contributed by atoms with E-state index in [-0.39, 0.29) is 5.91 Å². The highest BCUT2D eigenvalue weighted by molar-refractivity contribution is 7.22. The van der Waals surface area contributed by atoms with Gasteiger partial charge in [0, 0.05) is 6.42 Å². The number of ether oxygens (including phenoxy) is 1. The molecule has 2 heterocycles. The smallest absolute Gasteiger partial charge is 0.226 e. The lowest BCUT2D eigenvalue weighted by atomic mass is 9.85. The van der Waals surface area contributed by atoms with Gasteiger partial charge in [-0.25, -0.2) is 4.98 Å². The van der Waals surface area contributed by atoms with Gasteiger partial charge >= 0.3 is 0 Å². The third-order valence-electron chi connectivity index (χ3n) is 4.49. The topological polar surface area (TPSA) is 63.2 Å². The highest BCUT2D eigenvalue weighted by Gasteiger charge is 2.22. The zero-order chi connectivity index (χ0) is 16.2. The zero-order valence-electron chi connectivity index (χ0n) is 13.6. The first kappa shape index (κ1) is 16.2. The van der Waals surface area contributed by atoms with Crippen LogP contribution >= 0.6 is 11.3 Å². The van der Waals surface area contributed by atoms with Crippen LogP contribution in [0.4, 0.5) is 5.13 Å². The molecule has 0 saturated carbocycles. The SMILES string of the molecule is COc1ccc2nc(NC(=O)CC(C)C3CCCNC3)sc2c1. The molecule has 3 rings (SSSR count). The number of hydrogen-bond acceptors (Lipinski definition) is 5. The summed E-state index contributed by atoms with van der Waals surface area (Å²) in [7, 11) is 1.65. The molecule has 2 N–H and O–H groups in total. The number of amides is 1. The lowest BCUT2D eigenvalue weighted by Gasteiger charge is -2.27. The number of nitrogens with zero attached hydrogens (tertiary/aromatic N) is 1. The van der Waals surface area contributed by atoms with Gasteiger partial charge in [-0.1, -0.05) is 18.3 Å². The van der Waals surface area contributed by atoms with Crippen molar-refractivity contribution in [1.82, 2.24) is 10.3 Å². The number of fused-ring (bicyclic) bond motifs is 1. The zero-order valence-corrected chi connectivity index (χ0v) is 14.4. The van der Waals surface area contributed by atoms with Gasteiger partial charge in [0.05, 0.1) is 17.3 Å². The Kier molecular flexibility index (Phi) is 5.13. The Bertz CT molecular complexity index is 680. The average Bonchev–Trinajstić information content (AvgIpc) is 2.96. The fraction of sp³-hybridized carbons (Fsp3) is 0.529. The summed E-state index contributed by atoms with van der Waals surface area (Å²) in [5.74, 6) is 1.83. The summed E-state index contributed by atoms with van der Waals surface area (Å²) in [5, 5.41) is 7.02. The van der Waals surface area contributed by atoms with Gasteiger partial charge in [-0.2, -0.15) is 0 Å². The molecule has 1 aromatic heterocycles. The molecule has 0 aliphatic carbocycles. The second-order valence-electron chi connectivity index (χ2n) is 6.19. The molecule has 23 heavy (non-hydrogen) atoms. The van der Waals surface area contributed by atoms with E-state index in [1.165, 1.54) is 24.2 Å². The van der Waals surface area contributed by atoms with Crippen LogP contribution in [0.15, 0.2) is 18.2 Å². The number of rotatable bonds is 5. The van der Waals surface area contributed by atoms with Gasteiger partial charge < -0.3 is 15.4 Å². The van der Waals surface area contributed by atoms with Crippen molar-refractivity contribution in [3.05, 3.63) is 18.2 Å². The number of carbonyl (C=O) groups excluding carboxylic acids is 1. The maximum atomic E-state index is 12.3. The molecular weight excluding hydrogens is 310 g/mol. The summed E-state index contributed by atoms with van der Waals surface area (Å²) in [6.07, 6.45) is 2.96. The Morgan fingerprint density at radius 1 is 1.57 bits per heavy atom. The summed E-state index contributed by atoms with van der Waals surface area (Å²) in [6, 6.07) is 5.74. The predicted octanol–water partition coefficient (Wildman–Crippen LogP) is 3.27. The predicted molar refractivity (Wildman–Crippen MR) is 94.2 cm³/mol. The fourth-order valence-electron chi connectivity index (χ4n) is 3.08. The molecule has 1 amide bonds. The number of piperidine rings is 1. The van der Waals surface area contributed by atoms with Gasteiger partial charge in [-0.3, -0.25) is 4.79 Å². The van der Waals surface area contributed by atoms with Crippen molar-refractivity contribution in [3.8, 4) is 5.75 Å². The van der Waals surface area contributed by atoms with Crippen molar-refractivity contribution in [2.75, 3.05) is 25.5 Å². The van der Waals surface area contributed by atoms with Crippen molar-refractivity contribution in [2.45, 2.75) is 26.2 Å². The molecule has 0 spiro atoms. The van der Waals surface area contributed by atoms with E-state index in [0.717, 1.165) is 29.1 Å². The third-order valence-corrected chi connectivity index (χ3v) is 5.42. The average molecular weight is 333 g/mol. The Morgan fingerprint density at radius 2 is 2.43 bits per heavy atom. The molecule has 2 aromatic rings. The molecule has 0 radical (unpaired) electrons. The normalized spacial score (nSPS) is 19.5. The largest absolute Gasteiger partial charge is 0.497 e. The Hall–Kier alpha value is -1.66. The molecule has 1 aliphatic heterocycles. The number of benzene rings is 1. The first-order valence-electron chi connectivity index (χ1n) is 8.11. The molecule has 1 fully saturated rings. The summed E-state index contributed by atoms with van der Waals surface area (Å²) >= 11 is 1.48. The third kappa shape index (κ3) is 4.00. The van der Waals surface area contributed by atoms with E-state index in [9.17, 15) is 4.79 Å². The van der Waals surface area contributed by atoms with Crippen LogP contribution in [0.2, 0.25) is 0 Å². The van der Waals surface area contributed by atoms with E-state index >= 15 is 0 Å². The molecule has 2 unspecified atom stereocenters. The van der Waals surface area contributed by atoms with E-state index < -0.39 is 0 Å². The van der Waals surface area contributed by atoms with Gasteiger partial charge in [-0.05, 0) is 56.0 Å². The van der Waals surface area contributed by atoms with E-state index in [4.69, 9.17) is 4.74 Å². The molecule has 2 atom stereocenters. The first-order valence-corrected chi connectivity index (χ1v) is 8.92. The molecule has 124 valence electrons. The van der Waals surface area contributed by atoms with Crippen LogP contribution in [-0.4, -0.2) is 31.1 Å². The number of methoxy groups -OCH3 is 1. The second kappa shape index (κ2) is 7.27. The van der Waals surface area contributed by atoms with Crippen LogP contribution in [0.1, 0.15) is 26.2 Å². The minimum atomic E-state index is 0.0501. The minimum Gasteiger partial charge on any atom is -0.497 e. The summed E-state index contributed by atoms with van der Waals surface area (Å²) in [6.45, 7) is 4.29. The van der Waals surface area contributed by atoms with Crippen molar-refractivity contribution in [2.24, 2.45) is 11.8 Å². The summed E-state index contributed by atoms with van der Waals surface area (Å²) < 4.78 is 6.24. The molecule has 6 heteroatoms. The number of hydrogen-bond donors (Lipinski definition) is 2. The second-order valence-corrected chi connectivity index (χ2v) is 7.22. The van der Waals surface area contributed by atoms with Gasteiger partial charge in [0.25, 0.3) is 0 Å². The van der Waals surface area contributed by atoms with Gasteiger partial charge in [0.1, 0.15) is 5.75 Å². The molecule has 0 bridgehead atoms. The molecule has 1 aliphatic rings.